The van der Waals surface area contributed by atoms with Crippen LogP contribution in [0.1, 0.15) is 0 Å². The van der Waals surface area contributed by atoms with Crippen molar-refractivity contribution in [2.75, 3.05) is 5.01 Å². The zero-order chi connectivity index (χ0) is 12.1. The number of hydrogen-bond donors (Lipinski definition) is 2. The number of nitrogens with zero attached hydrogens (tertiary/aromatic N) is 1. The fraction of sp³-hybridized carbons (Fsp3) is 0. The van der Waals surface area contributed by atoms with Gasteiger partial charge in [-0.2, -0.15) is 0 Å². The van der Waals surface area contributed by atoms with E-state index in [9.17, 15) is 8.42 Å². The molecule has 0 aromatic heterocycles. The van der Waals surface area contributed by atoms with Gasteiger partial charge in [-0.15, -0.1) is 4.83 Å². The molecule has 17 heavy (non-hydrogen) atoms. The molecule has 88 valence electrons. The Hall–Kier alpha value is -1.85. The van der Waals surface area contributed by atoms with Gasteiger partial charge in [0, 0.05) is 0 Å². The highest BCUT2D eigenvalue weighted by atomic mass is 32.2. The van der Waals surface area contributed by atoms with Gasteiger partial charge in [0.2, 0.25) is 10.9 Å². The van der Waals surface area contributed by atoms with Crippen molar-refractivity contribution in [3.63, 3.8) is 0 Å². The third kappa shape index (κ3) is 3.05. The molecule has 0 amide bonds. The lowest BCUT2D eigenvalue weighted by atomic mass is 10.2. The molecule has 0 heterocycles. The first-order valence-corrected chi connectivity index (χ1v) is 6.26. The number of hydrogen-bond acceptors (Lipinski definition) is 3. The number of rotatable bonds is 4. The minimum atomic E-state index is -2.71. The third-order valence-electron chi connectivity index (χ3n) is 2.21. The largest absolute Gasteiger partial charge is 0.264 e. The number of benzene rings is 2. The van der Waals surface area contributed by atoms with Crippen molar-refractivity contribution in [2.45, 2.75) is 0 Å². The van der Waals surface area contributed by atoms with Crippen molar-refractivity contribution in [1.82, 2.24) is 4.83 Å². The lowest BCUT2D eigenvalue weighted by Gasteiger charge is -2.22. The molecule has 0 aliphatic heterocycles. The average Bonchev–Trinajstić information content (AvgIpc) is 2.38. The summed E-state index contributed by atoms with van der Waals surface area (Å²) in [5, 5.41) is 1.52. The average molecular weight is 248 g/mol. The van der Waals surface area contributed by atoms with Crippen molar-refractivity contribution in [2.24, 2.45) is 0 Å². The smallest absolute Gasteiger partial charge is 0.218 e. The molecule has 0 aliphatic carbocycles. The molecule has 2 aromatic rings. The van der Waals surface area contributed by atoms with Gasteiger partial charge in [0.1, 0.15) is 0 Å². The lowest BCUT2D eigenvalue weighted by Crippen LogP contribution is -2.32. The van der Waals surface area contributed by atoms with Gasteiger partial charge >= 0.3 is 0 Å². The number of anilines is 2. The normalized spacial score (nSPS) is 10.4. The molecule has 2 rings (SSSR count). The van der Waals surface area contributed by atoms with E-state index < -0.39 is 10.9 Å². The van der Waals surface area contributed by atoms with Crippen LogP contribution in [0.25, 0.3) is 0 Å². The Labute approximate surface area is 102 Å². The van der Waals surface area contributed by atoms with Crippen molar-refractivity contribution >= 4 is 22.3 Å². The first-order valence-electron chi connectivity index (χ1n) is 5.08. The van der Waals surface area contributed by atoms with E-state index in [1.807, 2.05) is 60.7 Å². The van der Waals surface area contributed by atoms with Gasteiger partial charge in [0.05, 0.1) is 11.4 Å². The van der Waals surface area contributed by atoms with Crippen LogP contribution in [0.4, 0.5) is 11.4 Å². The molecule has 4 nitrogen and oxygen atoms in total. The third-order valence-corrected chi connectivity index (χ3v) is 2.57. The second-order valence-corrected chi connectivity index (χ2v) is 4.08. The highest BCUT2D eigenvalue weighted by Gasteiger charge is 2.08. The molecule has 0 spiro atoms. The predicted octanol–water partition coefficient (Wildman–Crippen LogP) is 1.86. The fourth-order valence-electron chi connectivity index (χ4n) is 1.50. The van der Waals surface area contributed by atoms with Gasteiger partial charge in [0.15, 0.2) is 0 Å². The molecule has 0 fully saturated rings. The monoisotopic (exact) mass is 248 g/mol. The summed E-state index contributed by atoms with van der Waals surface area (Å²) < 4.78 is 21.7. The van der Waals surface area contributed by atoms with Gasteiger partial charge < -0.3 is 0 Å². The van der Waals surface area contributed by atoms with Crippen LogP contribution >= 0.6 is 0 Å². The van der Waals surface area contributed by atoms with Gasteiger partial charge in [0.25, 0.3) is 0 Å². The molecule has 5 heteroatoms. The van der Waals surface area contributed by atoms with Gasteiger partial charge in [-0.1, -0.05) is 36.4 Å². The number of para-hydroxylation sites is 2. The second kappa shape index (κ2) is 5.47. The Morgan fingerprint density at radius 2 is 1.18 bits per heavy atom. The number of thiol groups is 1. The molecular weight excluding hydrogens is 236 g/mol. The molecule has 0 bridgehead atoms. The summed E-state index contributed by atoms with van der Waals surface area (Å²) in [6, 6.07) is 18.5. The van der Waals surface area contributed by atoms with Crippen LogP contribution in [-0.2, 0) is 10.9 Å². The SMILES string of the molecule is O=[SH](=O)NN(c1ccccc1)c1ccccc1. The molecule has 0 aliphatic rings. The number of nitrogens with one attached hydrogen (secondary N) is 1. The molecule has 0 atom stereocenters. The van der Waals surface area contributed by atoms with E-state index in [4.69, 9.17) is 0 Å². The van der Waals surface area contributed by atoms with E-state index in [1.54, 1.807) is 0 Å². The molecule has 2 aromatic carbocycles. The van der Waals surface area contributed by atoms with E-state index in [1.165, 1.54) is 5.01 Å². The molecular formula is C12H12N2O2S. The minimum Gasteiger partial charge on any atom is -0.264 e. The maximum absolute atomic E-state index is 10.8. The summed E-state index contributed by atoms with van der Waals surface area (Å²) in [6.45, 7) is 0. The second-order valence-electron chi connectivity index (χ2n) is 3.36. The minimum absolute atomic E-state index is 0.762. The summed E-state index contributed by atoms with van der Waals surface area (Å²) in [7, 11) is -2.71. The molecule has 0 radical (unpaired) electrons. The van der Waals surface area contributed by atoms with Crippen molar-refractivity contribution in [3.05, 3.63) is 60.7 Å². The topological polar surface area (TPSA) is 49.4 Å². The first kappa shape index (κ1) is 11.6. The van der Waals surface area contributed by atoms with Crippen LogP contribution in [0.3, 0.4) is 0 Å². The van der Waals surface area contributed by atoms with Crippen molar-refractivity contribution in [1.29, 1.82) is 0 Å². The Balaban J connectivity index is 2.39. The predicted molar refractivity (Wildman–Crippen MR) is 68.5 cm³/mol. The maximum Gasteiger partial charge on any atom is 0.218 e. The summed E-state index contributed by atoms with van der Waals surface area (Å²) in [5.41, 5.74) is 1.52. The van der Waals surface area contributed by atoms with E-state index in [-0.39, 0.29) is 0 Å². The molecule has 0 saturated carbocycles. The quantitative estimate of drug-likeness (QED) is 0.641. The van der Waals surface area contributed by atoms with Crippen LogP contribution in [0.15, 0.2) is 60.7 Å². The van der Waals surface area contributed by atoms with Crippen LogP contribution < -0.4 is 9.84 Å². The Bertz CT molecular complexity index is 493. The zero-order valence-corrected chi connectivity index (χ0v) is 9.88. The Kier molecular flexibility index (Phi) is 3.74. The standard InChI is InChI=1S/C12H12N2O2S/c15-17(16)13-14(11-7-3-1-4-8-11)12-9-5-2-6-10-12/h1-10,17H,(H,13,15,16). The maximum atomic E-state index is 10.8. The molecule has 0 unspecified atom stereocenters. The van der Waals surface area contributed by atoms with E-state index >= 15 is 0 Å². The van der Waals surface area contributed by atoms with Crippen LogP contribution in [0.5, 0.6) is 0 Å². The van der Waals surface area contributed by atoms with Crippen LogP contribution in [-0.4, -0.2) is 8.42 Å². The summed E-state index contributed by atoms with van der Waals surface area (Å²) in [4.78, 5) is 2.40. The van der Waals surface area contributed by atoms with Crippen molar-refractivity contribution in [3.8, 4) is 0 Å². The van der Waals surface area contributed by atoms with Crippen LogP contribution in [0.2, 0.25) is 0 Å². The lowest BCUT2D eigenvalue weighted by molar-refractivity contribution is 0.602. The Morgan fingerprint density at radius 1 is 0.765 bits per heavy atom. The highest BCUT2D eigenvalue weighted by Crippen LogP contribution is 2.22. The number of hydrazine groups is 1. The highest BCUT2D eigenvalue weighted by molar-refractivity contribution is 7.70. The summed E-state index contributed by atoms with van der Waals surface area (Å²) in [6.07, 6.45) is 0. The summed E-state index contributed by atoms with van der Waals surface area (Å²) >= 11 is 0. The molecule has 1 N–H and O–H groups in total. The fourth-order valence-corrected chi connectivity index (χ4v) is 1.89. The van der Waals surface area contributed by atoms with E-state index in [0.717, 1.165) is 11.4 Å². The molecule has 0 saturated heterocycles. The van der Waals surface area contributed by atoms with E-state index in [2.05, 4.69) is 4.83 Å². The van der Waals surface area contributed by atoms with Gasteiger partial charge in [-0.25, -0.2) is 8.42 Å². The zero-order valence-electron chi connectivity index (χ0n) is 8.98. The van der Waals surface area contributed by atoms with Gasteiger partial charge in [-0.3, -0.25) is 5.01 Å². The Morgan fingerprint density at radius 3 is 1.53 bits per heavy atom. The van der Waals surface area contributed by atoms with E-state index in [0.29, 0.717) is 0 Å². The van der Waals surface area contributed by atoms with Gasteiger partial charge in [-0.05, 0) is 24.3 Å². The summed E-state index contributed by atoms with van der Waals surface area (Å²) in [5.74, 6) is 0. The first-order chi connectivity index (χ1) is 8.27. The van der Waals surface area contributed by atoms with Crippen LogP contribution in [0, 0.1) is 0 Å². The van der Waals surface area contributed by atoms with Crippen molar-refractivity contribution < 1.29 is 8.42 Å².